The second-order valence-corrected chi connectivity index (χ2v) is 5.00. The lowest BCUT2D eigenvalue weighted by atomic mass is 10.0. The molecule has 2 nitrogen and oxygen atoms in total. The lowest BCUT2D eigenvalue weighted by Crippen LogP contribution is -1.77. The molecule has 0 aliphatic carbocycles. The van der Waals surface area contributed by atoms with Gasteiger partial charge in [-0.25, -0.2) is 0 Å². The molecule has 1 heterocycles. The number of hydrogen-bond donors (Lipinski definition) is 0. The van der Waals surface area contributed by atoms with Crippen LogP contribution in [0.1, 0.15) is 5.56 Å². The van der Waals surface area contributed by atoms with Crippen LogP contribution in [-0.4, -0.2) is 0 Å². The number of nitrogens with zero attached hydrogens (tertiary/aromatic N) is 1. The van der Waals surface area contributed by atoms with Crippen molar-refractivity contribution in [3.63, 3.8) is 0 Å². The predicted molar refractivity (Wildman–Crippen MR) is 83.9 cm³/mol. The molecule has 0 radical (unpaired) electrons. The summed E-state index contributed by atoms with van der Waals surface area (Å²) in [7, 11) is 0. The van der Waals surface area contributed by atoms with Gasteiger partial charge in [0.25, 0.3) is 0 Å². The Hall–Kier alpha value is -3.05. The first kappa shape index (κ1) is 11.7. The molecular formula is C19H11NO. The van der Waals surface area contributed by atoms with Crippen LogP contribution in [0.2, 0.25) is 0 Å². The molecule has 4 aromatic rings. The number of hydrogen-bond acceptors (Lipinski definition) is 2. The Morgan fingerprint density at radius 1 is 0.810 bits per heavy atom. The third-order valence-electron chi connectivity index (χ3n) is 3.70. The molecule has 0 aliphatic heterocycles. The molecule has 0 atom stereocenters. The maximum absolute atomic E-state index is 8.99. The van der Waals surface area contributed by atoms with E-state index in [4.69, 9.17) is 9.68 Å². The molecular weight excluding hydrogens is 258 g/mol. The Morgan fingerprint density at radius 2 is 1.67 bits per heavy atom. The van der Waals surface area contributed by atoms with Crippen molar-refractivity contribution in [2.75, 3.05) is 0 Å². The summed E-state index contributed by atoms with van der Waals surface area (Å²) in [4.78, 5) is 0. The summed E-state index contributed by atoms with van der Waals surface area (Å²) < 4.78 is 5.95. The first-order valence-corrected chi connectivity index (χ1v) is 6.77. The second-order valence-electron chi connectivity index (χ2n) is 5.00. The van der Waals surface area contributed by atoms with Crippen LogP contribution in [0, 0.1) is 11.3 Å². The average Bonchev–Trinajstić information content (AvgIpc) is 2.99. The molecule has 1 aromatic heterocycles. The Bertz CT molecular complexity index is 991. The van der Waals surface area contributed by atoms with Crippen molar-refractivity contribution >= 4 is 21.7 Å². The quantitative estimate of drug-likeness (QED) is 0.480. The Morgan fingerprint density at radius 3 is 2.48 bits per heavy atom. The number of furan rings is 1. The molecule has 0 saturated carbocycles. The van der Waals surface area contributed by atoms with Crippen LogP contribution in [0.25, 0.3) is 33.1 Å². The lowest BCUT2D eigenvalue weighted by Gasteiger charge is -1.98. The van der Waals surface area contributed by atoms with Crippen LogP contribution in [0.4, 0.5) is 0 Å². The Kier molecular flexibility index (Phi) is 2.52. The van der Waals surface area contributed by atoms with E-state index in [2.05, 4.69) is 12.1 Å². The van der Waals surface area contributed by atoms with Crippen molar-refractivity contribution in [2.45, 2.75) is 0 Å². The van der Waals surface area contributed by atoms with Gasteiger partial charge in [0.15, 0.2) is 0 Å². The summed E-state index contributed by atoms with van der Waals surface area (Å²) in [5.41, 5.74) is 2.61. The van der Waals surface area contributed by atoms with Crippen LogP contribution in [-0.2, 0) is 0 Å². The van der Waals surface area contributed by atoms with Gasteiger partial charge in [0.1, 0.15) is 11.3 Å². The minimum absolute atomic E-state index is 0.675. The standard InChI is InChI=1S/C19H11NO/c20-12-13-6-8-16-15(10-13)7-9-18-17(16)11-19(21-18)14-4-2-1-3-5-14/h1-11H. The highest BCUT2D eigenvalue weighted by Crippen LogP contribution is 2.32. The van der Waals surface area contributed by atoms with E-state index < -0.39 is 0 Å². The van der Waals surface area contributed by atoms with E-state index in [1.165, 1.54) is 0 Å². The minimum atomic E-state index is 0.675. The van der Waals surface area contributed by atoms with Crippen molar-refractivity contribution in [3.8, 4) is 17.4 Å². The zero-order valence-corrected chi connectivity index (χ0v) is 11.2. The summed E-state index contributed by atoms with van der Waals surface area (Å²) in [5, 5.41) is 12.2. The molecule has 98 valence electrons. The van der Waals surface area contributed by atoms with Crippen LogP contribution in [0.3, 0.4) is 0 Å². The van der Waals surface area contributed by atoms with Gasteiger partial charge in [-0.15, -0.1) is 0 Å². The molecule has 0 spiro atoms. The third-order valence-corrected chi connectivity index (χ3v) is 3.70. The summed E-state index contributed by atoms with van der Waals surface area (Å²) >= 11 is 0. The smallest absolute Gasteiger partial charge is 0.135 e. The van der Waals surface area contributed by atoms with Crippen LogP contribution in [0.15, 0.2) is 71.1 Å². The molecule has 4 rings (SSSR count). The first-order valence-electron chi connectivity index (χ1n) is 6.77. The van der Waals surface area contributed by atoms with E-state index in [-0.39, 0.29) is 0 Å². The fraction of sp³-hybridized carbons (Fsp3) is 0. The summed E-state index contributed by atoms with van der Waals surface area (Å²) in [6, 6.07) is 24.0. The van der Waals surface area contributed by atoms with Gasteiger partial charge in [0.05, 0.1) is 11.6 Å². The Labute approximate surface area is 121 Å². The van der Waals surface area contributed by atoms with Gasteiger partial charge in [0.2, 0.25) is 0 Å². The fourth-order valence-electron chi connectivity index (χ4n) is 2.66. The normalized spacial score (nSPS) is 10.8. The van der Waals surface area contributed by atoms with Crippen molar-refractivity contribution in [1.82, 2.24) is 0 Å². The fourth-order valence-corrected chi connectivity index (χ4v) is 2.66. The van der Waals surface area contributed by atoms with E-state index in [0.29, 0.717) is 5.56 Å². The van der Waals surface area contributed by atoms with Gasteiger partial charge in [-0.1, -0.05) is 42.5 Å². The monoisotopic (exact) mass is 269 g/mol. The van der Waals surface area contributed by atoms with E-state index in [1.54, 1.807) is 0 Å². The first-order chi connectivity index (χ1) is 10.3. The van der Waals surface area contributed by atoms with E-state index >= 15 is 0 Å². The maximum atomic E-state index is 8.99. The molecule has 0 unspecified atom stereocenters. The predicted octanol–water partition coefficient (Wildman–Crippen LogP) is 5.12. The van der Waals surface area contributed by atoms with Gasteiger partial charge in [-0.2, -0.15) is 5.26 Å². The van der Waals surface area contributed by atoms with Gasteiger partial charge in [-0.05, 0) is 35.0 Å². The molecule has 0 saturated heterocycles. The van der Waals surface area contributed by atoms with E-state index in [1.807, 2.05) is 60.7 Å². The van der Waals surface area contributed by atoms with Crippen LogP contribution >= 0.6 is 0 Å². The summed E-state index contributed by atoms with van der Waals surface area (Å²) in [6.07, 6.45) is 0. The number of rotatable bonds is 1. The lowest BCUT2D eigenvalue weighted by molar-refractivity contribution is 0.632. The zero-order valence-electron chi connectivity index (χ0n) is 11.2. The molecule has 2 heteroatoms. The number of benzene rings is 3. The van der Waals surface area contributed by atoms with Gasteiger partial charge in [0, 0.05) is 10.9 Å². The SMILES string of the molecule is N#Cc1ccc2c(ccc3oc(-c4ccccc4)cc32)c1. The van der Waals surface area contributed by atoms with Crippen molar-refractivity contribution in [1.29, 1.82) is 5.26 Å². The second kappa shape index (κ2) is 4.50. The highest BCUT2D eigenvalue weighted by atomic mass is 16.3. The summed E-state index contributed by atoms with van der Waals surface area (Å²) in [5.74, 6) is 0.863. The maximum Gasteiger partial charge on any atom is 0.135 e. The topological polar surface area (TPSA) is 36.9 Å². The van der Waals surface area contributed by atoms with Crippen molar-refractivity contribution in [3.05, 3.63) is 72.3 Å². The summed E-state index contributed by atoms with van der Waals surface area (Å²) in [6.45, 7) is 0. The highest BCUT2D eigenvalue weighted by molar-refractivity contribution is 6.07. The molecule has 0 fully saturated rings. The van der Waals surface area contributed by atoms with Crippen molar-refractivity contribution in [2.24, 2.45) is 0 Å². The van der Waals surface area contributed by atoms with Crippen molar-refractivity contribution < 1.29 is 4.42 Å². The molecule has 21 heavy (non-hydrogen) atoms. The van der Waals surface area contributed by atoms with E-state index in [9.17, 15) is 0 Å². The molecule has 0 N–H and O–H groups in total. The van der Waals surface area contributed by atoms with Gasteiger partial charge in [-0.3, -0.25) is 0 Å². The molecule has 0 bridgehead atoms. The van der Waals surface area contributed by atoms with Crippen LogP contribution in [0.5, 0.6) is 0 Å². The zero-order chi connectivity index (χ0) is 14.2. The average molecular weight is 269 g/mol. The molecule has 0 aliphatic rings. The van der Waals surface area contributed by atoms with Gasteiger partial charge < -0.3 is 4.42 Å². The van der Waals surface area contributed by atoms with Gasteiger partial charge >= 0.3 is 0 Å². The number of nitriles is 1. The number of fused-ring (bicyclic) bond motifs is 3. The van der Waals surface area contributed by atoms with E-state index in [0.717, 1.165) is 33.1 Å². The largest absolute Gasteiger partial charge is 0.456 e. The molecule has 0 amide bonds. The molecule has 3 aromatic carbocycles. The minimum Gasteiger partial charge on any atom is -0.456 e. The third kappa shape index (κ3) is 1.87. The highest BCUT2D eigenvalue weighted by Gasteiger charge is 2.09. The van der Waals surface area contributed by atoms with Crippen LogP contribution < -0.4 is 0 Å². The Balaban J connectivity index is 2.00.